The highest BCUT2D eigenvalue weighted by Gasteiger charge is 2.59. The number of benzene rings is 1. The first kappa shape index (κ1) is 16.3. The van der Waals surface area contributed by atoms with Crippen molar-refractivity contribution in [2.45, 2.75) is 32.5 Å². The van der Waals surface area contributed by atoms with E-state index in [9.17, 15) is 22.8 Å². The van der Waals surface area contributed by atoms with Crippen LogP contribution in [0.4, 0.5) is 18.9 Å². The zero-order valence-electron chi connectivity index (χ0n) is 12.2. The third-order valence-electron chi connectivity index (χ3n) is 4.46. The Bertz CT molecular complexity index is 588. The number of carbonyl (C=O) groups is 2. The van der Waals surface area contributed by atoms with Crippen molar-refractivity contribution in [2.24, 2.45) is 17.1 Å². The smallest absolute Gasteiger partial charge is 0.369 e. The molecule has 0 bridgehead atoms. The molecular formula is C15H17F3N2O2. The predicted octanol–water partition coefficient (Wildman–Crippen LogP) is 2.48. The van der Waals surface area contributed by atoms with Gasteiger partial charge in [0, 0.05) is 5.69 Å². The molecule has 1 fully saturated rings. The first-order chi connectivity index (χ1) is 10.1. The minimum Gasteiger partial charge on any atom is -0.369 e. The molecule has 3 unspecified atom stereocenters. The summed E-state index contributed by atoms with van der Waals surface area (Å²) >= 11 is 0. The number of amides is 2. The minimum atomic E-state index is -4.58. The summed E-state index contributed by atoms with van der Waals surface area (Å²) in [6.45, 7) is 2.76. The number of anilines is 1. The van der Waals surface area contributed by atoms with E-state index in [2.05, 4.69) is 0 Å². The average molecular weight is 314 g/mol. The van der Waals surface area contributed by atoms with Crippen LogP contribution in [-0.4, -0.2) is 24.0 Å². The molecule has 0 aromatic heterocycles. The molecule has 7 heteroatoms. The third kappa shape index (κ3) is 2.44. The van der Waals surface area contributed by atoms with Crippen molar-refractivity contribution in [3.63, 3.8) is 0 Å². The van der Waals surface area contributed by atoms with Crippen LogP contribution in [0.25, 0.3) is 0 Å². The molecule has 0 spiro atoms. The number of rotatable bonds is 2. The van der Waals surface area contributed by atoms with Gasteiger partial charge >= 0.3 is 6.18 Å². The summed E-state index contributed by atoms with van der Waals surface area (Å²) in [5.74, 6) is -2.62. The molecule has 3 atom stereocenters. The normalized spacial score (nSPS) is 29.5. The number of primary amides is 1. The number of halogens is 3. The molecule has 2 N–H and O–H groups in total. The van der Waals surface area contributed by atoms with Gasteiger partial charge < -0.3 is 5.73 Å². The molecule has 1 aromatic rings. The van der Waals surface area contributed by atoms with E-state index < -0.39 is 35.4 Å². The molecule has 1 aliphatic rings. The van der Waals surface area contributed by atoms with Crippen LogP contribution in [0.3, 0.4) is 0 Å². The van der Waals surface area contributed by atoms with Gasteiger partial charge in [0.25, 0.3) is 0 Å². The Morgan fingerprint density at radius 3 is 2.32 bits per heavy atom. The van der Waals surface area contributed by atoms with Crippen molar-refractivity contribution in [2.75, 3.05) is 4.90 Å². The van der Waals surface area contributed by atoms with Gasteiger partial charge in [0.15, 0.2) is 0 Å². The standard InChI is InChI=1S/C15H17F3N2O2/c1-9-8-11(15(16,17)18)20(10-6-4-3-5-7-10)13(22)14(9,2)12(19)21/h3-7,9,11H,8H2,1-2H3,(H2,19,21). The van der Waals surface area contributed by atoms with Crippen LogP contribution in [0.2, 0.25) is 0 Å². The first-order valence-electron chi connectivity index (χ1n) is 6.85. The number of alkyl halides is 3. The van der Waals surface area contributed by atoms with E-state index in [1.807, 2.05) is 0 Å². The van der Waals surface area contributed by atoms with E-state index in [1.54, 1.807) is 6.07 Å². The molecule has 4 nitrogen and oxygen atoms in total. The molecule has 0 radical (unpaired) electrons. The van der Waals surface area contributed by atoms with E-state index in [0.29, 0.717) is 4.90 Å². The third-order valence-corrected chi connectivity index (χ3v) is 4.46. The maximum absolute atomic E-state index is 13.4. The van der Waals surface area contributed by atoms with Crippen LogP contribution in [0.15, 0.2) is 30.3 Å². The van der Waals surface area contributed by atoms with Crippen molar-refractivity contribution in [3.8, 4) is 0 Å². The lowest BCUT2D eigenvalue weighted by Crippen LogP contribution is -2.64. The molecule has 0 aliphatic carbocycles. The van der Waals surface area contributed by atoms with Gasteiger partial charge in [-0.2, -0.15) is 13.2 Å². The Hall–Kier alpha value is -2.05. The molecule has 0 saturated carbocycles. The second kappa shape index (κ2) is 5.30. The van der Waals surface area contributed by atoms with E-state index >= 15 is 0 Å². The highest BCUT2D eigenvalue weighted by Crippen LogP contribution is 2.45. The first-order valence-corrected chi connectivity index (χ1v) is 6.85. The van der Waals surface area contributed by atoms with Crippen LogP contribution < -0.4 is 10.6 Å². The summed E-state index contributed by atoms with van der Waals surface area (Å²) in [5.41, 5.74) is 3.76. The summed E-state index contributed by atoms with van der Waals surface area (Å²) in [5, 5.41) is 0. The number of carbonyl (C=O) groups excluding carboxylic acids is 2. The van der Waals surface area contributed by atoms with Crippen molar-refractivity contribution < 1.29 is 22.8 Å². The Morgan fingerprint density at radius 2 is 1.86 bits per heavy atom. The van der Waals surface area contributed by atoms with Crippen LogP contribution in [0, 0.1) is 11.3 Å². The highest BCUT2D eigenvalue weighted by atomic mass is 19.4. The highest BCUT2D eigenvalue weighted by molar-refractivity contribution is 6.12. The maximum Gasteiger partial charge on any atom is 0.409 e. The maximum atomic E-state index is 13.4. The largest absolute Gasteiger partial charge is 0.409 e. The molecule has 1 heterocycles. The minimum absolute atomic E-state index is 0.106. The van der Waals surface area contributed by atoms with Gasteiger partial charge in [0.2, 0.25) is 11.8 Å². The van der Waals surface area contributed by atoms with Gasteiger partial charge in [0.1, 0.15) is 11.5 Å². The molecule has 2 amide bonds. The predicted molar refractivity (Wildman–Crippen MR) is 74.9 cm³/mol. The van der Waals surface area contributed by atoms with Gasteiger partial charge in [-0.15, -0.1) is 0 Å². The molecule has 2 rings (SSSR count). The molecule has 1 aliphatic heterocycles. The number of hydrogen-bond acceptors (Lipinski definition) is 2. The number of piperidine rings is 1. The van der Waals surface area contributed by atoms with Crippen LogP contribution >= 0.6 is 0 Å². The number of hydrogen-bond donors (Lipinski definition) is 1. The SMILES string of the molecule is CC1CC(C(F)(F)F)N(c2ccccc2)C(=O)C1(C)C(N)=O. The lowest BCUT2D eigenvalue weighted by Gasteiger charge is -2.46. The van der Waals surface area contributed by atoms with Crippen LogP contribution in [0.1, 0.15) is 20.3 Å². The van der Waals surface area contributed by atoms with E-state index in [-0.39, 0.29) is 12.1 Å². The number of nitrogens with two attached hydrogens (primary N) is 1. The number of nitrogens with zero attached hydrogens (tertiary/aromatic N) is 1. The Kier molecular flexibility index (Phi) is 3.93. The fourth-order valence-electron chi connectivity index (χ4n) is 2.79. The van der Waals surface area contributed by atoms with Gasteiger partial charge in [-0.3, -0.25) is 14.5 Å². The van der Waals surface area contributed by atoms with E-state index in [0.717, 1.165) is 0 Å². The van der Waals surface area contributed by atoms with E-state index in [1.165, 1.54) is 38.1 Å². The quantitative estimate of drug-likeness (QED) is 0.852. The van der Waals surface area contributed by atoms with Crippen LogP contribution in [-0.2, 0) is 9.59 Å². The second-order valence-electron chi connectivity index (χ2n) is 5.77. The van der Waals surface area contributed by atoms with Gasteiger partial charge in [-0.25, -0.2) is 0 Å². The van der Waals surface area contributed by atoms with Crippen molar-refractivity contribution in [3.05, 3.63) is 30.3 Å². The lowest BCUT2D eigenvalue weighted by molar-refractivity contribution is -0.172. The fourth-order valence-corrected chi connectivity index (χ4v) is 2.79. The Labute approximate surface area is 126 Å². The summed E-state index contributed by atoms with van der Waals surface area (Å²) in [6.07, 6.45) is -4.96. The summed E-state index contributed by atoms with van der Waals surface area (Å²) in [7, 11) is 0. The van der Waals surface area contributed by atoms with Gasteiger partial charge in [0.05, 0.1) is 0 Å². The fraction of sp³-hybridized carbons (Fsp3) is 0.467. The van der Waals surface area contributed by atoms with Crippen molar-refractivity contribution in [1.29, 1.82) is 0 Å². The molecule has 1 saturated heterocycles. The lowest BCUT2D eigenvalue weighted by atomic mass is 9.69. The molecule has 1 aromatic carbocycles. The van der Waals surface area contributed by atoms with Gasteiger partial charge in [-0.05, 0) is 31.4 Å². The van der Waals surface area contributed by atoms with E-state index in [4.69, 9.17) is 5.73 Å². The topological polar surface area (TPSA) is 63.4 Å². The summed E-state index contributed by atoms with van der Waals surface area (Å²) in [6, 6.07) is 5.56. The van der Waals surface area contributed by atoms with Crippen LogP contribution in [0.5, 0.6) is 0 Å². The molecule has 22 heavy (non-hydrogen) atoms. The summed E-state index contributed by atoms with van der Waals surface area (Å²) in [4.78, 5) is 25.1. The number of para-hydroxylation sites is 1. The summed E-state index contributed by atoms with van der Waals surface area (Å²) < 4.78 is 40.1. The monoisotopic (exact) mass is 314 g/mol. The zero-order chi connectivity index (χ0) is 16.7. The van der Waals surface area contributed by atoms with Gasteiger partial charge in [-0.1, -0.05) is 25.1 Å². The Balaban J connectivity index is 2.57. The Morgan fingerprint density at radius 1 is 1.32 bits per heavy atom. The second-order valence-corrected chi connectivity index (χ2v) is 5.77. The average Bonchev–Trinajstić information content (AvgIpc) is 2.44. The van der Waals surface area contributed by atoms with Crippen molar-refractivity contribution >= 4 is 17.5 Å². The zero-order valence-corrected chi connectivity index (χ0v) is 12.2. The molecular weight excluding hydrogens is 297 g/mol. The molecule has 120 valence electrons. The van der Waals surface area contributed by atoms with Crippen molar-refractivity contribution in [1.82, 2.24) is 0 Å².